The summed E-state index contributed by atoms with van der Waals surface area (Å²) in [7, 11) is 0. The highest BCUT2D eigenvalue weighted by Gasteiger charge is 2.10. The topological polar surface area (TPSA) is 60.0 Å². The van der Waals surface area contributed by atoms with Crippen molar-refractivity contribution in [1.82, 2.24) is 14.8 Å². The molecule has 5 heteroatoms. The van der Waals surface area contributed by atoms with E-state index in [0.717, 1.165) is 37.4 Å². The Morgan fingerprint density at radius 3 is 2.55 bits per heavy atom. The van der Waals surface area contributed by atoms with Crippen molar-refractivity contribution in [2.45, 2.75) is 39.9 Å². The van der Waals surface area contributed by atoms with Crippen molar-refractivity contribution in [2.24, 2.45) is 5.73 Å². The van der Waals surface area contributed by atoms with Gasteiger partial charge in [0.2, 0.25) is 0 Å². The molecule has 0 aliphatic rings. The Kier molecular flexibility index (Phi) is 5.12. The molecule has 0 atom stereocenters. The minimum Gasteiger partial charge on any atom is -0.364 e. The maximum absolute atomic E-state index is 5.65. The van der Waals surface area contributed by atoms with Crippen LogP contribution in [0, 0.1) is 0 Å². The third-order valence-electron chi connectivity index (χ3n) is 3.36. The van der Waals surface area contributed by atoms with Crippen molar-refractivity contribution in [2.75, 3.05) is 11.4 Å². The molecule has 20 heavy (non-hydrogen) atoms. The number of anilines is 1. The molecule has 0 saturated heterocycles. The Balaban J connectivity index is 2.17. The first-order valence-electron chi connectivity index (χ1n) is 7.19. The molecule has 0 unspecified atom stereocenters. The van der Waals surface area contributed by atoms with E-state index in [9.17, 15) is 0 Å². The molecule has 0 radical (unpaired) electrons. The van der Waals surface area contributed by atoms with Crippen molar-refractivity contribution < 1.29 is 0 Å². The lowest BCUT2D eigenvalue weighted by molar-refractivity contribution is 0.599. The molecule has 1 aromatic heterocycles. The Bertz CT molecular complexity index is 517. The zero-order valence-corrected chi connectivity index (χ0v) is 12.3. The molecule has 2 aromatic rings. The predicted octanol–water partition coefficient (Wildman–Crippen LogP) is 2.17. The van der Waals surface area contributed by atoms with Crippen LogP contribution in [0.1, 0.15) is 31.7 Å². The molecule has 0 bridgehead atoms. The molecule has 1 heterocycles. The Hall–Kier alpha value is -1.88. The maximum Gasteiger partial charge on any atom is 0.146 e. The quantitative estimate of drug-likeness (QED) is 0.840. The van der Waals surface area contributed by atoms with Gasteiger partial charge in [0.05, 0.1) is 6.54 Å². The zero-order chi connectivity index (χ0) is 14.4. The van der Waals surface area contributed by atoms with E-state index in [4.69, 9.17) is 5.73 Å². The van der Waals surface area contributed by atoms with E-state index in [2.05, 4.69) is 53.1 Å². The van der Waals surface area contributed by atoms with Gasteiger partial charge in [-0.15, -0.1) is 0 Å². The highest BCUT2D eigenvalue weighted by molar-refractivity contribution is 5.47. The molecule has 2 rings (SSSR count). The van der Waals surface area contributed by atoms with E-state index < -0.39 is 0 Å². The average molecular weight is 273 g/mol. The molecule has 0 spiro atoms. The molecular weight excluding hydrogens is 250 g/mol. The molecular formula is C15H23N5. The number of nitrogens with zero attached hydrogens (tertiary/aromatic N) is 4. The Labute approximate surface area is 120 Å². The number of hydrogen-bond acceptors (Lipinski definition) is 4. The summed E-state index contributed by atoms with van der Waals surface area (Å²) in [5, 5.41) is 4.23. The van der Waals surface area contributed by atoms with Crippen LogP contribution in [-0.4, -0.2) is 21.3 Å². The minimum absolute atomic E-state index is 0.582. The molecule has 108 valence electrons. The second kappa shape index (κ2) is 7.05. The van der Waals surface area contributed by atoms with Crippen LogP contribution in [0.5, 0.6) is 0 Å². The molecule has 0 aliphatic heterocycles. The fourth-order valence-corrected chi connectivity index (χ4v) is 2.26. The summed E-state index contributed by atoms with van der Waals surface area (Å²) >= 11 is 0. The van der Waals surface area contributed by atoms with Crippen molar-refractivity contribution in [3.05, 3.63) is 42.0 Å². The first-order valence-corrected chi connectivity index (χ1v) is 7.19. The lowest BCUT2D eigenvalue weighted by Crippen LogP contribution is -2.25. The normalized spacial score (nSPS) is 10.8. The smallest absolute Gasteiger partial charge is 0.146 e. The van der Waals surface area contributed by atoms with Crippen LogP contribution in [0.4, 0.5) is 5.69 Å². The second-order valence-electron chi connectivity index (χ2n) is 4.78. The monoisotopic (exact) mass is 273 g/mol. The van der Waals surface area contributed by atoms with E-state index in [1.807, 2.05) is 4.68 Å². The number of nitrogens with two attached hydrogens (primary N) is 1. The molecule has 2 N–H and O–H groups in total. The summed E-state index contributed by atoms with van der Waals surface area (Å²) in [4.78, 5) is 6.69. The number of aryl methyl sites for hydroxylation is 1. The van der Waals surface area contributed by atoms with E-state index in [1.165, 1.54) is 5.69 Å². The van der Waals surface area contributed by atoms with Crippen LogP contribution >= 0.6 is 0 Å². The van der Waals surface area contributed by atoms with Gasteiger partial charge < -0.3 is 10.6 Å². The molecule has 0 aliphatic carbocycles. The third kappa shape index (κ3) is 3.36. The predicted molar refractivity (Wildman–Crippen MR) is 81.4 cm³/mol. The SMILES string of the molecule is CCCN(Cc1ncnn1CC)c1ccc(CN)cc1. The fraction of sp³-hybridized carbons (Fsp3) is 0.467. The van der Waals surface area contributed by atoms with Gasteiger partial charge in [0.1, 0.15) is 12.2 Å². The molecule has 1 aromatic carbocycles. The Morgan fingerprint density at radius 2 is 1.95 bits per heavy atom. The zero-order valence-electron chi connectivity index (χ0n) is 12.3. The number of aromatic nitrogens is 3. The van der Waals surface area contributed by atoms with Crippen molar-refractivity contribution >= 4 is 5.69 Å². The van der Waals surface area contributed by atoms with Crippen molar-refractivity contribution in [3.8, 4) is 0 Å². The summed E-state index contributed by atoms with van der Waals surface area (Å²) in [5.74, 6) is 1.00. The standard InChI is InChI=1S/C15H23N5/c1-3-9-19(11-15-17-12-18-20(15)4-2)14-7-5-13(10-16)6-8-14/h5-8,12H,3-4,9-11,16H2,1-2H3. The van der Waals surface area contributed by atoms with Crippen molar-refractivity contribution in [1.29, 1.82) is 0 Å². The van der Waals surface area contributed by atoms with Crippen LogP contribution in [-0.2, 0) is 19.6 Å². The van der Waals surface area contributed by atoms with Gasteiger partial charge in [0.15, 0.2) is 0 Å². The summed E-state index contributed by atoms with van der Waals surface area (Å²) < 4.78 is 1.94. The van der Waals surface area contributed by atoms with Gasteiger partial charge in [-0.05, 0) is 31.0 Å². The van der Waals surface area contributed by atoms with E-state index in [0.29, 0.717) is 6.54 Å². The van der Waals surface area contributed by atoms with Crippen LogP contribution < -0.4 is 10.6 Å². The number of rotatable bonds is 7. The van der Waals surface area contributed by atoms with Gasteiger partial charge in [0, 0.05) is 25.3 Å². The molecule has 0 amide bonds. The maximum atomic E-state index is 5.65. The van der Waals surface area contributed by atoms with Crippen molar-refractivity contribution in [3.63, 3.8) is 0 Å². The average Bonchev–Trinajstić information content (AvgIpc) is 2.94. The van der Waals surface area contributed by atoms with Gasteiger partial charge in [-0.3, -0.25) is 0 Å². The number of hydrogen-bond donors (Lipinski definition) is 1. The van der Waals surface area contributed by atoms with E-state index in [1.54, 1.807) is 6.33 Å². The minimum atomic E-state index is 0.582. The number of benzene rings is 1. The van der Waals surface area contributed by atoms with Crippen LogP contribution in [0.25, 0.3) is 0 Å². The van der Waals surface area contributed by atoms with Gasteiger partial charge in [-0.25, -0.2) is 9.67 Å². The molecule has 5 nitrogen and oxygen atoms in total. The summed E-state index contributed by atoms with van der Waals surface area (Å²) in [6.07, 6.45) is 2.72. The van der Waals surface area contributed by atoms with Gasteiger partial charge in [0.25, 0.3) is 0 Å². The summed E-state index contributed by atoms with van der Waals surface area (Å²) in [6, 6.07) is 8.43. The van der Waals surface area contributed by atoms with Crippen LogP contribution in [0.15, 0.2) is 30.6 Å². The van der Waals surface area contributed by atoms with E-state index >= 15 is 0 Å². The molecule has 0 saturated carbocycles. The lowest BCUT2D eigenvalue weighted by atomic mass is 10.2. The lowest BCUT2D eigenvalue weighted by Gasteiger charge is -2.24. The Morgan fingerprint density at radius 1 is 1.20 bits per heavy atom. The first kappa shape index (κ1) is 14.5. The van der Waals surface area contributed by atoms with Gasteiger partial charge in [-0.1, -0.05) is 19.1 Å². The third-order valence-corrected chi connectivity index (χ3v) is 3.36. The second-order valence-corrected chi connectivity index (χ2v) is 4.78. The van der Waals surface area contributed by atoms with Crippen LogP contribution in [0.3, 0.4) is 0 Å². The van der Waals surface area contributed by atoms with Gasteiger partial charge >= 0.3 is 0 Å². The first-order chi connectivity index (χ1) is 9.78. The van der Waals surface area contributed by atoms with Gasteiger partial charge in [-0.2, -0.15) is 5.10 Å². The summed E-state index contributed by atoms with van der Waals surface area (Å²) in [6.45, 7) is 7.48. The highest BCUT2D eigenvalue weighted by atomic mass is 15.3. The molecule has 0 fully saturated rings. The van der Waals surface area contributed by atoms with Crippen LogP contribution in [0.2, 0.25) is 0 Å². The highest BCUT2D eigenvalue weighted by Crippen LogP contribution is 2.18. The summed E-state index contributed by atoms with van der Waals surface area (Å²) in [5.41, 5.74) is 8.01. The largest absolute Gasteiger partial charge is 0.364 e. The fourth-order valence-electron chi connectivity index (χ4n) is 2.26. The van der Waals surface area contributed by atoms with E-state index in [-0.39, 0.29) is 0 Å².